The third-order valence-electron chi connectivity index (χ3n) is 5.90. The highest BCUT2D eigenvalue weighted by molar-refractivity contribution is 7.89. The van der Waals surface area contributed by atoms with Crippen LogP contribution in [0, 0.1) is 5.41 Å². The molecule has 1 fully saturated rings. The maximum atomic E-state index is 12.8. The van der Waals surface area contributed by atoms with Gasteiger partial charge in [-0.1, -0.05) is 20.3 Å². The molecular formula is C19H28N2O4S. The summed E-state index contributed by atoms with van der Waals surface area (Å²) in [7, 11) is -3.67. The van der Waals surface area contributed by atoms with Gasteiger partial charge in [-0.2, -0.15) is 0 Å². The highest BCUT2D eigenvalue weighted by Gasteiger charge is 2.39. The second-order valence-corrected chi connectivity index (χ2v) is 9.98. The topological polar surface area (TPSA) is 86.7 Å². The van der Waals surface area contributed by atoms with E-state index in [0.29, 0.717) is 13.0 Å². The molecule has 1 amide bonds. The van der Waals surface area contributed by atoms with E-state index in [-0.39, 0.29) is 29.4 Å². The van der Waals surface area contributed by atoms with E-state index in [1.807, 2.05) is 20.8 Å². The zero-order valence-corrected chi connectivity index (χ0v) is 16.5. The summed E-state index contributed by atoms with van der Waals surface area (Å²) in [5.41, 5.74) is 0.941. The molecule has 7 heteroatoms. The van der Waals surface area contributed by atoms with Crippen molar-refractivity contribution < 1.29 is 18.3 Å². The summed E-state index contributed by atoms with van der Waals surface area (Å²) >= 11 is 0. The van der Waals surface area contributed by atoms with Crippen LogP contribution < -0.4 is 9.62 Å². The standard InChI is InChI=1S/C19H28N2O4S/c1-4-21-16-7-6-14(10-15(16)18(2,3)11-17(21)23)26(24,25)20-12-19(13-22)8-5-9-19/h6-7,10,20,22H,4-5,8-9,11-13H2,1-3H3. The molecule has 6 nitrogen and oxygen atoms in total. The average molecular weight is 381 g/mol. The van der Waals surface area contributed by atoms with E-state index in [1.165, 1.54) is 0 Å². The van der Waals surface area contributed by atoms with Gasteiger partial charge < -0.3 is 10.0 Å². The SMILES string of the molecule is CCN1C(=O)CC(C)(C)c2cc(S(=O)(=O)NCC3(CO)CCC3)ccc21. The number of rotatable bonds is 6. The molecule has 1 aromatic carbocycles. The highest BCUT2D eigenvalue weighted by atomic mass is 32.2. The second-order valence-electron chi connectivity index (χ2n) is 8.21. The van der Waals surface area contributed by atoms with Crippen LogP contribution in [-0.2, 0) is 20.2 Å². The number of aliphatic hydroxyl groups excluding tert-OH is 1. The molecule has 1 aliphatic carbocycles. The lowest BCUT2D eigenvalue weighted by atomic mass is 9.69. The van der Waals surface area contributed by atoms with E-state index in [0.717, 1.165) is 30.5 Å². The summed E-state index contributed by atoms with van der Waals surface area (Å²) in [6, 6.07) is 4.99. The van der Waals surface area contributed by atoms with Gasteiger partial charge in [0.2, 0.25) is 15.9 Å². The Hall–Kier alpha value is -1.44. The van der Waals surface area contributed by atoms with Crippen molar-refractivity contribution in [3.8, 4) is 0 Å². The molecule has 0 unspecified atom stereocenters. The zero-order chi connectivity index (χ0) is 19.2. The molecule has 2 aliphatic rings. The maximum Gasteiger partial charge on any atom is 0.240 e. The number of hydrogen-bond donors (Lipinski definition) is 2. The van der Waals surface area contributed by atoms with Gasteiger partial charge in [0.05, 0.1) is 4.90 Å². The largest absolute Gasteiger partial charge is 0.396 e. The van der Waals surface area contributed by atoms with Crippen LogP contribution in [0.2, 0.25) is 0 Å². The van der Waals surface area contributed by atoms with Gasteiger partial charge in [-0.15, -0.1) is 0 Å². The molecule has 144 valence electrons. The molecule has 1 heterocycles. The lowest BCUT2D eigenvalue weighted by molar-refractivity contribution is -0.120. The van der Waals surface area contributed by atoms with E-state index in [9.17, 15) is 18.3 Å². The van der Waals surface area contributed by atoms with Crippen molar-refractivity contribution in [3.05, 3.63) is 23.8 Å². The number of carbonyl (C=O) groups is 1. The number of anilines is 1. The monoisotopic (exact) mass is 380 g/mol. The predicted molar refractivity (Wildman–Crippen MR) is 101 cm³/mol. The van der Waals surface area contributed by atoms with Crippen LogP contribution >= 0.6 is 0 Å². The van der Waals surface area contributed by atoms with Gasteiger partial charge in [-0.3, -0.25) is 4.79 Å². The summed E-state index contributed by atoms with van der Waals surface area (Å²) < 4.78 is 28.2. The summed E-state index contributed by atoms with van der Waals surface area (Å²) in [5.74, 6) is 0.0635. The van der Waals surface area contributed by atoms with Gasteiger partial charge in [0.25, 0.3) is 0 Å². The number of nitrogens with one attached hydrogen (secondary N) is 1. The molecule has 0 bridgehead atoms. The normalized spacial score (nSPS) is 21.2. The number of fused-ring (bicyclic) bond motifs is 1. The van der Waals surface area contributed by atoms with Crippen molar-refractivity contribution in [3.63, 3.8) is 0 Å². The number of hydrogen-bond acceptors (Lipinski definition) is 4. The molecule has 0 radical (unpaired) electrons. The molecule has 2 N–H and O–H groups in total. The summed E-state index contributed by atoms with van der Waals surface area (Å²) in [6.07, 6.45) is 3.07. The van der Waals surface area contributed by atoms with Gasteiger partial charge in [0, 0.05) is 42.6 Å². The van der Waals surface area contributed by atoms with Crippen molar-refractivity contribution >= 4 is 21.6 Å². The Morgan fingerprint density at radius 3 is 2.50 bits per heavy atom. The maximum absolute atomic E-state index is 12.8. The fraction of sp³-hybridized carbons (Fsp3) is 0.632. The zero-order valence-electron chi connectivity index (χ0n) is 15.7. The predicted octanol–water partition coefficient (Wildman–Crippen LogP) is 2.16. The van der Waals surface area contributed by atoms with Gasteiger partial charge in [0.1, 0.15) is 0 Å². The molecule has 1 aliphatic heterocycles. The van der Waals surface area contributed by atoms with Crippen molar-refractivity contribution in [2.45, 2.75) is 56.8 Å². The number of aliphatic hydroxyl groups is 1. The van der Waals surface area contributed by atoms with Crippen LogP contribution in [0.1, 0.15) is 52.0 Å². The van der Waals surface area contributed by atoms with Crippen LogP contribution in [0.4, 0.5) is 5.69 Å². The smallest absolute Gasteiger partial charge is 0.240 e. The molecule has 0 spiro atoms. The van der Waals surface area contributed by atoms with Crippen molar-refractivity contribution in [2.75, 3.05) is 24.6 Å². The van der Waals surface area contributed by atoms with Crippen LogP contribution in [0.5, 0.6) is 0 Å². The van der Waals surface area contributed by atoms with E-state index in [2.05, 4.69) is 4.72 Å². The van der Waals surface area contributed by atoms with Crippen LogP contribution in [0.25, 0.3) is 0 Å². The van der Waals surface area contributed by atoms with Gasteiger partial charge in [0.15, 0.2) is 0 Å². The molecule has 0 atom stereocenters. The molecule has 0 aromatic heterocycles. The molecule has 3 rings (SSSR count). The third-order valence-corrected chi connectivity index (χ3v) is 7.29. The van der Waals surface area contributed by atoms with Crippen molar-refractivity contribution in [2.24, 2.45) is 5.41 Å². The Kier molecular flexibility index (Phi) is 4.92. The van der Waals surface area contributed by atoms with Crippen LogP contribution in [-0.4, -0.2) is 39.1 Å². The quantitative estimate of drug-likeness (QED) is 0.792. The molecular weight excluding hydrogens is 352 g/mol. The first-order valence-corrected chi connectivity index (χ1v) is 10.7. The molecule has 26 heavy (non-hydrogen) atoms. The number of benzene rings is 1. The molecule has 1 saturated carbocycles. The van der Waals surface area contributed by atoms with Gasteiger partial charge >= 0.3 is 0 Å². The molecule has 0 saturated heterocycles. The van der Waals surface area contributed by atoms with E-state index in [1.54, 1.807) is 23.1 Å². The minimum Gasteiger partial charge on any atom is -0.396 e. The summed E-state index contributed by atoms with van der Waals surface area (Å²) in [5, 5.41) is 9.54. The Morgan fingerprint density at radius 1 is 1.27 bits per heavy atom. The number of carbonyl (C=O) groups excluding carboxylic acids is 1. The Bertz CT molecular complexity index is 807. The fourth-order valence-electron chi connectivity index (χ4n) is 3.91. The van der Waals surface area contributed by atoms with Crippen molar-refractivity contribution in [1.82, 2.24) is 4.72 Å². The summed E-state index contributed by atoms with van der Waals surface area (Å²) in [6.45, 7) is 6.67. The Balaban J connectivity index is 1.91. The Morgan fingerprint density at radius 2 is 1.96 bits per heavy atom. The minimum atomic E-state index is -3.67. The van der Waals surface area contributed by atoms with E-state index >= 15 is 0 Å². The number of amides is 1. The second kappa shape index (κ2) is 6.62. The Labute approximate surface area is 155 Å². The summed E-state index contributed by atoms with van der Waals surface area (Å²) in [4.78, 5) is 14.3. The lowest BCUT2D eigenvalue weighted by Crippen LogP contribution is -2.44. The van der Waals surface area contributed by atoms with E-state index < -0.39 is 15.4 Å². The van der Waals surface area contributed by atoms with Gasteiger partial charge in [-0.25, -0.2) is 13.1 Å². The average Bonchev–Trinajstić information content (AvgIpc) is 2.53. The molecule has 1 aromatic rings. The first-order chi connectivity index (χ1) is 12.1. The first kappa shape index (κ1) is 19.3. The number of nitrogens with zero attached hydrogens (tertiary/aromatic N) is 1. The third kappa shape index (κ3) is 3.28. The van der Waals surface area contributed by atoms with Gasteiger partial charge in [-0.05, 0) is 43.5 Å². The minimum absolute atomic E-state index is 0.000308. The van der Waals surface area contributed by atoms with E-state index in [4.69, 9.17) is 0 Å². The fourth-order valence-corrected chi connectivity index (χ4v) is 5.09. The van der Waals surface area contributed by atoms with Crippen molar-refractivity contribution in [1.29, 1.82) is 0 Å². The lowest BCUT2D eigenvalue weighted by Gasteiger charge is -2.40. The van der Waals surface area contributed by atoms with Crippen LogP contribution in [0.15, 0.2) is 23.1 Å². The first-order valence-electron chi connectivity index (χ1n) is 9.20. The number of sulfonamides is 1. The van der Waals surface area contributed by atoms with Crippen LogP contribution in [0.3, 0.4) is 0 Å². The highest BCUT2D eigenvalue weighted by Crippen LogP contribution is 2.42.